The predicted octanol–water partition coefficient (Wildman–Crippen LogP) is 3.27. The van der Waals surface area contributed by atoms with E-state index in [9.17, 15) is 9.59 Å². The van der Waals surface area contributed by atoms with Crippen LogP contribution < -0.4 is 15.6 Å². The summed E-state index contributed by atoms with van der Waals surface area (Å²) in [5, 5.41) is 0.749. The van der Waals surface area contributed by atoms with Crippen LogP contribution in [0.1, 0.15) is 30.2 Å². The molecule has 0 aliphatic rings. The molecule has 2 N–H and O–H groups in total. The molecule has 9 heteroatoms. The number of hydrogen-bond donors (Lipinski definition) is 2. The van der Waals surface area contributed by atoms with E-state index < -0.39 is 11.8 Å². The molecule has 1 aromatic carbocycles. The molecule has 0 radical (unpaired) electrons. The number of hydrazine groups is 1. The van der Waals surface area contributed by atoms with Crippen LogP contribution >= 0.6 is 23.2 Å². The van der Waals surface area contributed by atoms with E-state index in [2.05, 4.69) is 29.6 Å². The van der Waals surface area contributed by atoms with E-state index in [0.29, 0.717) is 23.1 Å². The molecule has 0 spiro atoms. The number of carbonyl (C=O) groups is 2. The number of amides is 2. The molecule has 0 saturated carbocycles. The Kier molecular flexibility index (Phi) is 7.97. The van der Waals surface area contributed by atoms with Crippen molar-refractivity contribution in [1.29, 1.82) is 0 Å². The van der Waals surface area contributed by atoms with Crippen molar-refractivity contribution in [2.24, 2.45) is 0 Å². The summed E-state index contributed by atoms with van der Waals surface area (Å²) in [6.45, 7) is 6.15. The molecule has 146 valence electrons. The summed E-state index contributed by atoms with van der Waals surface area (Å²) in [6, 6.07) is 7.95. The normalized spacial score (nSPS) is 10.7. The summed E-state index contributed by atoms with van der Waals surface area (Å²) in [4.78, 5) is 26.0. The summed E-state index contributed by atoms with van der Waals surface area (Å²) in [5.74, 6) is -0.00686. The van der Waals surface area contributed by atoms with Gasteiger partial charge in [-0.25, -0.2) is 0 Å². The van der Waals surface area contributed by atoms with Crippen molar-refractivity contribution < 1.29 is 18.7 Å². The molecule has 0 bridgehead atoms. The molecular formula is C18H21Cl2N3O4. The lowest BCUT2D eigenvalue weighted by Gasteiger charge is -2.15. The zero-order valence-electron chi connectivity index (χ0n) is 15.1. The highest BCUT2D eigenvalue weighted by atomic mass is 35.5. The Bertz CT molecular complexity index is 791. The van der Waals surface area contributed by atoms with Gasteiger partial charge in [0.05, 0.1) is 11.6 Å². The van der Waals surface area contributed by atoms with Crippen molar-refractivity contribution in [1.82, 2.24) is 15.8 Å². The average Bonchev–Trinajstić information content (AvgIpc) is 3.12. The molecule has 0 aliphatic carbocycles. The fourth-order valence-electron chi connectivity index (χ4n) is 2.21. The van der Waals surface area contributed by atoms with E-state index in [1.54, 1.807) is 24.3 Å². The molecule has 1 heterocycles. The van der Waals surface area contributed by atoms with Crippen molar-refractivity contribution >= 4 is 35.0 Å². The highest BCUT2D eigenvalue weighted by Crippen LogP contribution is 2.27. The van der Waals surface area contributed by atoms with Gasteiger partial charge in [0, 0.05) is 5.02 Å². The first-order chi connectivity index (χ1) is 12.9. The third kappa shape index (κ3) is 6.46. The van der Waals surface area contributed by atoms with Crippen LogP contribution in [0.3, 0.4) is 0 Å². The zero-order valence-corrected chi connectivity index (χ0v) is 16.6. The quantitative estimate of drug-likeness (QED) is 0.648. The van der Waals surface area contributed by atoms with Gasteiger partial charge in [0.2, 0.25) is 0 Å². The highest BCUT2D eigenvalue weighted by Gasteiger charge is 2.14. The van der Waals surface area contributed by atoms with Gasteiger partial charge in [-0.05, 0) is 43.4 Å². The third-order valence-corrected chi connectivity index (χ3v) is 4.26. The number of nitrogens with one attached hydrogen (secondary N) is 2. The van der Waals surface area contributed by atoms with Crippen molar-refractivity contribution in [3.8, 4) is 5.75 Å². The number of carbonyl (C=O) groups excluding carboxylic acids is 2. The molecule has 27 heavy (non-hydrogen) atoms. The minimum Gasteiger partial charge on any atom is -0.482 e. The Labute approximate surface area is 167 Å². The molecular weight excluding hydrogens is 393 g/mol. The van der Waals surface area contributed by atoms with Gasteiger partial charge in [-0.15, -0.1) is 0 Å². The van der Waals surface area contributed by atoms with Crippen LogP contribution in [0, 0.1) is 0 Å². The number of furan rings is 1. The molecule has 0 unspecified atom stereocenters. The minimum absolute atomic E-state index is 0.110. The first-order valence-corrected chi connectivity index (χ1v) is 9.16. The molecule has 2 amide bonds. The Morgan fingerprint density at radius 3 is 2.52 bits per heavy atom. The maximum absolute atomic E-state index is 12.0. The lowest BCUT2D eigenvalue weighted by Crippen LogP contribution is -2.43. The molecule has 2 rings (SSSR count). The second-order valence-corrected chi connectivity index (χ2v) is 6.44. The van der Waals surface area contributed by atoms with E-state index in [4.69, 9.17) is 32.4 Å². The lowest BCUT2D eigenvalue weighted by atomic mass is 10.3. The molecule has 0 aliphatic heterocycles. The Morgan fingerprint density at radius 2 is 1.85 bits per heavy atom. The summed E-state index contributed by atoms with van der Waals surface area (Å²) in [5.41, 5.74) is 4.52. The van der Waals surface area contributed by atoms with E-state index in [1.165, 1.54) is 6.07 Å². The minimum atomic E-state index is -0.557. The number of rotatable bonds is 8. The lowest BCUT2D eigenvalue weighted by molar-refractivity contribution is -0.123. The largest absolute Gasteiger partial charge is 0.482 e. The smallest absolute Gasteiger partial charge is 0.305 e. The van der Waals surface area contributed by atoms with Crippen LogP contribution in [0.4, 0.5) is 0 Å². The van der Waals surface area contributed by atoms with Crippen molar-refractivity contribution in [3.63, 3.8) is 0 Å². The monoisotopic (exact) mass is 413 g/mol. The van der Waals surface area contributed by atoms with Crippen molar-refractivity contribution in [3.05, 3.63) is 51.9 Å². The second-order valence-electron chi connectivity index (χ2n) is 5.59. The van der Waals surface area contributed by atoms with E-state index in [0.717, 1.165) is 13.1 Å². The maximum atomic E-state index is 12.0. The van der Waals surface area contributed by atoms with Crippen LogP contribution in [-0.2, 0) is 11.3 Å². The van der Waals surface area contributed by atoms with Crippen molar-refractivity contribution in [2.45, 2.75) is 20.4 Å². The van der Waals surface area contributed by atoms with Gasteiger partial charge >= 0.3 is 5.91 Å². The van der Waals surface area contributed by atoms with Crippen LogP contribution in [-0.4, -0.2) is 36.4 Å². The Hall–Kier alpha value is -2.22. The third-order valence-electron chi connectivity index (χ3n) is 3.73. The van der Waals surface area contributed by atoms with E-state index in [-0.39, 0.29) is 17.4 Å². The standard InChI is InChI=1S/C18H21Cl2N3O4/c1-3-23(4-2)10-13-6-8-16(27-13)18(25)22-21-17(24)11-26-15-7-5-12(19)9-14(15)20/h5-9H,3-4,10-11H2,1-2H3,(H,21,24)(H,22,25). The Morgan fingerprint density at radius 1 is 1.11 bits per heavy atom. The van der Waals surface area contributed by atoms with Crippen LogP contribution in [0.15, 0.2) is 34.7 Å². The van der Waals surface area contributed by atoms with Crippen LogP contribution in [0.5, 0.6) is 5.75 Å². The first kappa shape index (κ1) is 21.1. The molecule has 7 nitrogen and oxygen atoms in total. The molecule has 0 saturated heterocycles. The molecule has 1 aromatic heterocycles. The van der Waals surface area contributed by atoms with E-state index >= 15 is 0 Å². The summed E-state index contributed by atoms with van der Waals surface area (Å²) in [6.07, 6.45) is 0. The number of hydrogen-bond acceptors (Lipinski definition) is 5. The van der Waals surface area contributed by atoms with Gasteiger partial charge in [-0.3, -0.25) is 25.3 Å². The SMILES string of the molecule is CCN(CC)Cc1ccc(C(=O)NNC(=O)COc2ccc(Cl)cc2Cl)o1. The first-order valence-electron chi connectivity index (χ1n) is 8.41. The topological polar surface area (TPSA) is 83.8 Å². The summed E-state index contributed by atoms with van der Waals surface area (Å²) >= 11 is 11.7. The molecule has 2 aromatic rings. The number of benzene rings is 1. The van der Waals surface area contributed by atoms with Gasteiger partial charge in [0.15, 0.2) is 12.4 Å². The Balaban J connectivity index is 1.79. The number of ether oxygens (including phenoxy) is 1. The van der Waals surface area contributed by atoms with Crippen LogP contribution in [0.2, 0.25) is 10.0 Å². The van der Waals surface area contributed by atoms with Crippen molar-refractivity contribution in [2.75, 3.05) is 19.7 Å². The fourth-order valence-corrected chi connectivity index (χ4v) is 2.68. The summed E-state index contributed by atoms with van der Waals surface area (Å²) < 4.78 is 10.8. The van der Waals surface area contributed by atoms with Gasteiger partial charge in [-0.2, -0.15) is 0 Å². The van der Waals surface area contributed by atoms with Crippen LogP contribution in [0.25, 0.3) is 0 Å². The molecule has 0 atom stereocenters. The number of nitrogens with zero attached hydrogens (tertiary/aromatic N) is 1. The summed E-state index contributed by atoms with van der Waals surface area (Å²) in [7, 11) is 0. The number of halogens is 2. The second kappa shape index (κ2) is 10.2. The fraction of sp³-hybridized carbons (Fsp3) is 0.333. The van der Waals surface area contributed by atoms with Gasteiger partial charge in [0.25, 0.3) is 5.91 Å². The van der Waals surface area contributed by atoms with Gasteiger partial charge < -0.3 is 9.15 Å². The zero-order chi connectivity index (χ0) is 19.8. The maximum Gasteiger partial charge on any atom is 0.305 e. The van der Waals surface area contributed by atoms with E-state index in [1.807, 2.05) is 0 Å². The molecule has 0 fully saturated rings. The average molecular weight is 414 g/mol. The highest BCUT2D eigenvalue weighted by molar-refractivity contribution is 6.35. The van der Waals surface area contributed by atoms with Gasteiger partial charge in [0.1, 0.15) is 11.5 Å². The predicted molar refractivity (Wildman–Crippen MR) is 103 cm³/mol. The van der Waals surface area contributed by atoms with Gasteiger partial charge in [-0.1, -0.05) is 37.0 Å².